The van der Waals surface area contributed by atoms with Crippen LogP contribution in [0.2, 0.25) is 0 Å². The van der Waals surface area contributed by atoms with Gasteiger partial charge in [0.2, 0.25) is 0 Å². The number of thioether (sulfide) groups is 1. The van der Waals surface area contributed by atoms with Gasteiger partial charge < -0.3 is 10.3 Å². The molecule has 2 rings (SSSR count). The van der Waals surface area contributed by atoms with Crippen LogP contribution < -0.4 is 10.9 Å². The molecule has 1 heterocycles. The topological polar surface area (TPSA) is 62.0 Å². The second kappa shape index (κ2) is 5.75. The summed E-state index contributed by atoms with van der Waals surface area (Å²) in [6, 6.07) is 10.7. The highest BCUT2D eigenvalue weighted by molar-refractivity contribution is 7.98. The first-order valence-corrected chi connectivity index (χ1v) is 6.98. The summed E-state index contributed by atoms with van der Waals surface area (Å²) in [5.74, 6) is -0.400. The van der Waals surface area contributed by atoms with Crippen LogP contribution in [0.25, 0.3) is 0 Å². The molecule has 0 saturated heterocycles. The molecule has 0 aliphatic carbocycles. The van der Waals surface area contributed by atoms with Gasteiger partial charge in [-0.25, -0.2) is 0 Å². The number of aromatic amines is 1. The van der Waals surface area contributed by atoms with E-state index in [1.807, 2.05) is 30.5 Å². The smallest absolute Gasteiger partial charge is 0.261 e. The van der Waals surface area contributed by atoms with E-state index in [1.54, 1.807) is 13.0 Å². The molecule has 2 N–H and O–H groups in total. The molecule has 0 aliphatic rings. The van der Waals surface area contributed by atoms with Gasteiger partial charge in [-0.05, 0) is 37.4 Å². The van der Waals surface area contributed by atoms with Crippen molar-refractivity contribution in [3.63, 3.8) is 0 Å². The Labute approximate surface area is 115 Å². The van der Waals surface area contributed by atoms with Gasteiger partial charge in [0.15, 0.2) is 0 Å². The van der Waals surface area contributed by atoms with Gasteiger partial charge in [-0.2, -0.15) is 0 Å². The van der Waals surface area contributed by atoms with Gasteiger partial charge in [-0.15, -0.1) is 11.8 Å². The van der Waals surface area contributed by atoms with Gasteiger partial charge in [0.1, 0.15) is 5.56 Å². The number of H-pyrrole nitrogens is 1. The quantitative estimate of drug-likeness (QED) is 0.846. The van der Waals surface area contributed by atoms with E-state index in [-0.39, 0.29) is 11.1 Å². The Bertz CT molecular complexity index is 664. The van der Waals surface area contributed by atoms with Crippen LogP contribution in [0.5, 0.6) is 0 Å². The van der Waals surface area contributed by atoms with Crippen molar-refractivity contribution in [3.05, 3.63) is 58.0 Å². The molecule has 1 aromatic carbocycles. The van der Waals surface area contributed by atoms with Crippen molar-refractivity contribution in [2.45, 2.75) is 11.8 Å². The lowest BCUT2D eigenvalue weighted by Gasteiger charge is -2.08. The van der Waals surface area contributed by atoms with Crippen molar-refractivity contribution < 1.29 is 4.79 Å². The number of pyridine rings is 1. The molecule has 0 saturated carbocycles. The van der Waals surface area contributed by atoms with E-state index in [9.17, 15) is 9.59 Å². The minimum atomic E-state index is -0.400. The van der Waals surface area contributed by atoms with Crippen molar-refractivity contribution in [1.82, 2.24) is 4.98 Å². The number of nitrogens with one attached hydrogen (secondary N) is 2. The molecule has 1 amide bonds. The zero-order valence-corrected chi connectivity index (χ0v) is 11.5. The van der Waals surface area contributed by atoms with E-state index in [0.29, 0.717) is 5.69 Å². The Hall–Kier alpha value is -2.01. The van der Waals surface area contributed by atoms with Crippen molar-refractivity contribution >= 4 is 23.4 Å². The van der Waals surface area contributed by atoms with Gasteiger partial charge in [-0.1, -0.05) is 12.1 Å². The first kappa shape index (κ1) is 13.4. The number of rotatable bonds is 3. The number of hydrogen-bond donors (Lipinski definition) is 2. The molecule has 0 aliphatic heterocycles. The van der Waals surface area contributed by atoms with Crippen LogP contribution in [0.15, 0.2) is 46.1 Å². The maximum absolute atomic E-state index is 12.1. The average molecular weight is 274 g/mol. The number of amides is 1. The van der Waals surface area contributed by atoms with Gasteiger partial charge in [-0.3, -0.25) is 9.59 Å². The summed E-state index contributed by atoms with van der Waals surface area (Å²) in [7, 11) is 0. The Morgan fingerprint density at radius 3 is 2.63 bits per heavy atom. The highest BCUT2D eigenvalue weighted by Gasteiger charge is 2.12. The number of para-hydroxylation sites is 1. The third kappa shape index (κ3) is 3.06. The summed E-state index contributed by atoms with van der Waals surface area (Å²) in [5, 5.41) is 2.76. The lowest BCUT2D eigenvalue weighted by molar-refractivity contribution is 0.102. The molecule has 4 nitrogen and oxygen atoms in total. The molecule has 1 aromatic heterocycles. The Balaban J connectivity index is 2.28. The first-order chi connectivity index (χ1) is 9.11. The lowest BCUT2D eigenvalue weighted by atomic mass is 10.2. The molecule has 0 bridgehead atoms. The van der Waals surface area contributed by atoms with Crippen LogP contribution in [0.4, 0.5) is 5.69 Å². The first-order valence-electron chi connectivity index (χ1n) is 5.76. The van der Waals surface area contributed by atoms with E-state index < -0.39 is 5.91 Å². The molecular weight excluding hydrogens is 260 g/mol. The second-order valence-corrected chi connectivity index (χ2v) is 4.89. The molecule has 0 fully saturated rings. The summed E-state index contributed by atoms with van der Waals surface area (Å²) in [4.78, 5) is 27.3. The highest BCUT2D eigenvalue weighted by Crippen LogP contribution is 2.24. The van der Waals surface area contributed by atoms with Crippen LogP contribution in [-0.2, 0) is 0 Å². The maximum Gasteiger partial charge on any atom is 0.261 e. The zero-order chi connectivity index (χ0) is 13.8. The van der Waals surface area contributed by atoms with Crippen molar-refractivity contribution in [2.75, 3.05) is 11.6 Å². The number of carbonyl (C=O) groups excluding carboxylic acids is 1. The van der Waals surface area contributed by atoms with E-state index in [4.69, 9.17) is 0 Å². The van der Waals surface area contributed by atoms with Gasteiger partial charge in [0.25, 0.3) is 11.5 Å². The SMILES string of the molecule is CSc1ccccc1NC(=O)c1ccc(C)[nH]c1=O. The largest absolute Gasteiger partial charge is 0.326 e. The van der Waals surface area contributed by atoms with E-state index in [2.05, 4.69) is 10.3 Å². The van der Waals surface area contributed by atoms with Gasteiger partial charge in [0, 0.05) is 10.6 Å². The fourth-order valence-corrected chi connectivity index (χ4v) is 2.24. The molecule has 19 heavy (non-hydrogen) atoms. The summed E-state index contributed by atoms with van der Waals surface area (Å²) in [6.45, 7) is 1.77. The van der Waals surface area contributed by atoms with Crippen LogP contribution in [0.1, 0.15) is 16.1 Å². The molecule has 0 unspecified atom stereocenters. The summed E-state index contributed by atoms with van der Waals surface area (Å²) in [6.07, 6.45) is 1.93. The number of aromatic nitrogens is 1. The minimum absolute atomic E-state index is 0.113. The molecule has 98 valence electrons. The number of hydrogen-bond acceptors (Lipinski definition) is 3. The van der Waals surface area contributed by atoms with Crippen LogP contribution in [0, 0.1) is 6.92 Å². The minimum Gasteiger partial charge on any atom is -0.326 e. The van der Waals surface area contributed by atoms with Crippen LogP contribution >= 0.6 is 11.8 Å². The standard InChI is InChI=1S/C14H14N2O2S/c1-9-7-8-10(13(17)15-9)14(18)16-11-5-3-4-6-12(11)19-2/h3-8H,1-2H3,(H,15,17)(H,16,18). The van der Waals surface area contributed by atoms with Crippen molar-refractivity contribution in [1.29, 1.82) is 0 Å². The summed E-state index contributed by atoms with van der Waals surface area (Å²) in [5.41, 5.74) is 1.17. The Kier molecular flexibility index (Phi) is 4.06. The lowest BCUT2D eigenvalue weighted by Crippen LogP contribution is -2.23. The molecular formula is C14H14N2O2S. The number of aryl methyl sites for hydroxylation is 1. The van der Waals surface area contributed by atoms with E-state index in [1.165, 1.54) is 17.8 Å². The Morgan fingerprint density at radius 1 is 1.21 bits per heavy atom. The maximum atomic E-state index is 12.1. The fraction of sp³-hybridized carbons (Fsp3) is 0.143. The molecule has 2 aromatic rings. The fourth-order valence-electron chi connectivity index (χ4n) is 1.69. The van der Waals surface area contributed by atoms with Crippen LogP contribution in [-0.4, -0.2) is 17.1 Å². The monoisotopic (exact) mass is 274 g/mol. The van der Waals surface area contributed by atoms with Crippen molar-refractivity contribution in [3.8, 4) is 0 Å². The number of carbonyl (C=O) groups is 1. The predicted octanol–water partition coefficient (Wildman–Crippen LogP) is 2.66. The van der Waals surface area contributed by atoms with E-state index in [0.717, 1.165) is 10.6 Å². The van der Waals surface area contributed by atoms with E-state index >= 15 is 0 Å². The predicted molar refractivity (Wildman–Crippen MR) is 78.0 cm³/mol. The van der Waals surface area contributed by atoms with Gasteiger partial charge in [0.05, 0.1) is 5.69 Å². The molecule has 5 heteroatoms. The number of benzene rings is 1. The third-order valence-corrected chi connectivity index (χ3v) is 3.45. The molecule has 0 atom stereocenters. The average Bonchev–Trinajstić information content (AvgIpc) is 2.39. The van der Waals surface area contributed by atoms with Crippen molar-refractivity contribution in [2.24, 2.45) is 0 Å². The summed E-state index contributed by atoms with van der Waals surface area (Å²) >= 11 is 1.54. The molecule has 0 spiro atoms. The Morgan fingerprint density at radius 2 is 1.95 bits per heavy atom. The number of anilines is 1. The second-order valence-electron chi connectivity index (χ2n) is 4.04. The zero-order valence-electron chi connectivity index (χ0n) is 10.7. The highest BCUT2D eigenvalue weighted by atomic mass is 32.2. The van der Waals surface area contributed by atoms with Gasteiger partial charge >= 0.3 is 0 Å². The third-order valence-electron chi connectivity index (χ3n) is 2.66. The van der Waals surface area contributed by atoms with Crippen LogP contribution in [0.3, 0.4) is 0 Å². The normalized spacial score (nSPS) is 10.2. The molecule has 0 radical (unpaired) electrons. The summed E-state index contributed by atoms with van der Waals surface area (Å²) < 4.78 is 0.